The fourth-order valence-corrected chi connectivity index (χ4v) is 4.03. The summed E-state index contributed by atoms with van der Waals surface area (Å²) >= 11 is 0. The molecule has 0 aliphatic heterocycles. The highest BCUT2D eigenvalue weighted by molar-refractivity contribution is 7.92. The quantitative estimate of drug-likeness (QED) is 0.779. The number of carbonyl (C=O) groups excluding carboxylic acids is 1. The van der Waals surface area contributed by atoms with E-state index in [0.29, 0.717) is 4.31 Å². The highest BCUT2D eigenvalue weighted by Gasteiger charge is 2.25. The summed E-state index contributed by atoms with van der Waals surface area (Å²) in [5.41, 5.74) is -0.646. The van der Waals surface area contributed by atoms with Crippen LogP contribution in [0, 0.1) is 11.6 Å². The second-order valence-corrected chi connectivity index (χ2v) is 8.32. The van der Waals surface area contributed by atoms with Gasteiger partial charge in [0.1, 0.15) is 5.69 Å². The van der Waals surface area contributed by atoms with E-state index >= 15 is 0 Å². The van der Waals surface area contributed by atoms with Crippen molar-refractivity contribution in [1.29, 1.82) is 0 Å². The number of anilines is 1. The molecule has 25 heavy (non-hydrogen) atoms. The molecule has 1 amide bonds. The Hall–Kier alpha value is -1.70. The van der Waals surface area contributed by atoms with Crippen LogP contribution in [0.1, 0.15) is 44.9 Å². The van der Waals surface area contributed by atoms with Gasteiger partial charge >= 0.3 is 0 Å². The molecule has 5 nitrogen and oxygen atoms in total. The molecule has 1 aliphatic rings. The highest BCUT2D eigenvalue weighted by Crippen LogP contribution is 2.25. The minimum Gasteiger partial charge on any atom is -0.353 e. The van der Waals surface area contributed by atoms with Gasteiger partial charge in [-0.1, -0.05) is 31.7 Å². The average molecular weight is 374 g/mol. The van der Waals surface area contributed by atoms with Crippen molar-refractivity contribution in [3.05, 3.63) is 29.8 Å². The van der Waals surface area contributed by atoms with Crippen molar-refractivity contribution in [2.75, 3.05) is 17.1 Å². The van der Waals surface area contributed by atoms with Crippen LogP contribution >= 0.6 is 0 Å². The van der Waals surface area contributed by atoms with Crippen LogP contribution in [0.5, 0.6) is 0 Å². The lowest BCUT2D eigenvalue weighted by atomic mass is 10.1. The van der Waals surface area contributed by atoms with E-state index in [1.54, 1.807) is 0 Å². The number of nitrogens with one attached hydrogen (secondary N) is 1. The van der Waals surface area contributed by atoms with Gasteiger partial charge in [0.2, 0.25) is 15.9 Å². The molecule has 0 unspecified atom stereocenters. The number of para-hydroxylation sites is 1. The molecular weight excluding hydrogens is 350 g/mol. The Balaban J connectivity index is 2.04. The third kappa shape index (κ3) is 5.66. The van der Waals surface area contributed by atoms with E-state index < -0.39 is 27.3 Å². The van der Waals surface area contributed by atoms with Crippen molar-refractivity contribution in [2.45, 2.75) is 51.0 Å². The number of carbonyl (C=O) groups is 1. The van der Waals surface area contributed by atoms with Crippen molar-refractivity contribution in [2.24, 2.45) is 0 Å². The number of amides is 1. The molecule has 140 valence electrons. The van der Waals surface area contributed by atoms with Crippen molar-refractivity contribution in [1.82, 2.24) is 5.32 Å². The first kappa shape index (κ1) is 19.6. The Kier molecular flexibility index (Phi) is 6.75. The molecule has 0 aromatic heterocycles. The Morgan fingerprint density at radius 1 is 1.16 bits per heavy atom. The van der Waals surface area contributed by atoms with E-state index in [1.165, 1.54) is 0 Å². The van der Waals surface area contributed by atoms with E-state index in [9.17, 15) is 22.0 Å². The molecule has 0 saturated heterocycles. The van der Waals surface area contributed by atoms with Crippen LogP contribution in [0.4, 0.5) is 14.5 Å². The smallest absolute Gasteiger partial charge is 0.232 e. The van der Waals surface area contributed by atoms with Crippen LogP contribution in [0.15, 0.2) is 18.2 Å². The lowest BCUT2D eigenvalue weighted by Crippen LogP contribution is -2.39. The molecule has 0 radical (unpaired) electrons. The van der Waals surface area contributed by atoms with Crippen molar-refractivity contribution in [3.8, 4) is 0 Å². The predicted octanol–water partition coefficient (Wildman–Crippen LogP) is 2.96. The number of hydrogen-bond acceptors (Lipinski definition) is 3. The van der Waals surface area contributed by atoms with Gasteiger partial charge in [-0.05, 0) is 25.0 Å². The highest BCUT2D eigenvalue weighted by atomic mass is 32.2. The van der Waals surface area contributed by atoms with Gasteiger partial charge in [-0.3, -0.25) is 9.10 Å². The van der Waals surface area contributed by atoms with Gasteiger partial charge in [-0.15, -0.1) is 0 Å². The first-order valence-corrected chi connectivity index (χ1v) is 10.3. The zero-order valence-electron chi connectivity index (χ0n) is 14.3. The van der Waals surface area contributed by atoms with E-state index in [2.05, 4.69) is 5.32 Å². The molecule has 0 spiro atoms. The summed E-state index contributed by atoms with van der Waals surface area (Å²) in [4.78, 5) is 12.1. The number of nitrogens with zero attached hydrogens (tertiary/aromatic N) is 1. The lowest BCUT2D eigenvalue weighted by molar-refractivity contribution is -0.121. The monoisotopic (exact) mass is 374 g/mol. The summed E-state index contributed by atoms with van der Waals surface area (Å²) < 4.78 is 52.4. The normalized spacial score (nSPS) is 16.3. The van der Waals surface area contributed by atoms with Crippen molar-refractivity contribution in [3.63, 3.8) is 0 Å². The average Bonchev–Trinajstić information content (AvgIpc) is 2.77. The van der Waals surface area contributed by atoms with Gasteiger partial charge in [-0.2, -0.15) is 0 Å². The zero-order chi connectivity index (χ0) is 18.4. The van der Waals surface area contributed by atoms with Gasteiger partial charge in [0.05, 0.1) is 6.26 Å². The third-order valence-corrected chi connectivity index (χ3v) is 5.52. The maximum Gasteiger partial charge on any atom is 0.232 e. The second kappa shape index (κ2) is 8.60. The fraction of sp³-hybridized carbons (Fsp3) is 0.588. The Morgan fingerprint density at radius 3 is 2.24 bits per heavy atom. The summed E-state index contributed by atoms with van der Waals surface area (Å²) in [6, 6.07) is 3.23. The molecule has 1 saturated carbocycles. The fourth-order valence-electron chi connectivity index (χ4n) is 3.10. The van der Waals surface area contributed by atoms with Crippen LogP contribution in [0.2, 0.25) is 0 Å². The topological polar surface area (TPSA) is 66.5 Å². The van der Waals surface area contributed by atoms with Gasteiger partial charge in [0.25, 0.3) is 0 Å². The van der Waals surface area contributed by atoms with Crippen molar-refractivity contribution < 1.29 is 22.0 Å². The second-order valence-electron chi connectivity index (χ2n) is 6.41. The van der Waals surface area contributed by atoms with Crippen LogP contribution in [-0.4, -0.2) is 33.2 Å². The maximum absolute atomic E-state index is 13.9. The molecule has 2 rings (SSSR count). The van der Waals surface area contributed by atoms with Gasteiger partial charge in [0, 0.05) is 19.0 Å². The maximum atomic E-state index is 13.9. The summed E-state index contributed by atoms with van der Waals surface area (Å²) in [7, 11) is -3.92. The number of benzene rings is 1. The van der Waals surface area contributed by atoms with Crippen LogP contribution < -0.4 is 9.62 Å². The molecule has 0 heterocycles. The molecule has 0 bridgehead atoms. The molecule has 1 aromatic carbocycles. The molecule has 1 N–H and O–H groups in total. The zero-order valence-corrected chi connectivity index (χ0v) is 15.1. The number of sulfonamides is 1. The van der Waals surface area contributed by atoms with E-state index in [4.69, 9.17) is 0 Å². The van der Waals surface area contributed by atoms with E-state index in [-0.39, 0.29) is 24.9 Å². The van der Waals surface area contributed by atoms with Gasteiger partial charge < -0.3 is 5.32 Å². The van der Waals surface area contributed by atoms with Crippen molar-refractivity contribution >= 4 is 21.6 Å². The van der Waals surface area contributed by atoms with E-state index in [1.807, 2.05) is 0 Å². The summed E-state index contributed by atoms with van der Waals surface area (Å²) in [6.45, 7) is -0.310. The first-order valence-electron chi connectivity index (χ1n) is 8.50. The number of rotatable bonds is 6. The summed E-state index contributed by atoms with van der Waals surface area (Å²) in [5.74, 6) is -2.26. The lowest BCUT2D eigenvalue weighted by Gasteiger charge is -2.24. The van der Waals surface area contributed by atoms with Crippen LogP contribution in [0.3, 0.4) is 0 Å². The molecule has 0 atom stereocenters. The molecule has 1 aliphatic carbocycles. The molecular formula is C17H24F2N2O3S. The Labute approximate surface area is 147 Å². The van der Waals surface area contributed by atoms with Gasteiger partial charge in [0.15, 0.2) is 11.6 Å². The standard InChI is InChI=1S/C17H24F2N2O3S/c1-25(23,24)21(17-14(18)9-6-10-15(17)19)12-11-16(22)20-13-7-4-2-3-5-8-13/h6,9-10,13H,2-5,7-8,11-12H2,1H3,(H,20,22). The minimum absolute atomic E-state index is 0.0897. The molecule has 1 aromatic rings. The van der Waals surface area contributed by atoms with E-state index in [0.717, 1.165) is 63.0 Å². The molecule has 1 fully saturated rings. The first-order chi connectivity index (χ1) is 11.8. The Bertz CT molecular complexity index is 682. The Morgan fingerprint density at radius 2 is 1.72 bits per heavy atom. The van der Waals surface area contributed by atoms with Gasteiger partial charge in [-0.25, -0.2) is 17.2 Å². The number of halogens is 2. The van der Waals surface area contributed by atoms with Crippen LogP contribution in [0.25, 0.3) is 0 Å². The molecule has 8 heteroatoms. The predicted molar refractivity (Wildman–Crippen MR) is 92.8 cm³/mol. The third-order valence-electron chi connectivity index (χ3n) is 4.35. The minimum atomic E-state index is -3.92. The summed E-state index contributed by atoms with van der Waals surface area (Å²) in [6.07, 6.45) is 6.94. The SMILES string of the molecule is CS(=O)(=O)N(CCC(=O)NC1CCCCCC1)c1c(F)cccc1F. The largest absolute Gasteiger partial charge is 0.353 e. The number of hydrogen-bond donors (Lipinski definition) is 1. The van der Waals surface area contributed by atoms with Crippen LogP contribution in [-0.2, 0) is 14.8 Å². The summed E-state index contributed by atoms with van der Waals surface area (Å²) in [5, 5.41) is 2.90.